The zero-order valence-electron chi connectivity index (χ0n) is 17.4. The summed E-state index contributed by atoms with van der Waals surface area (Å²) in [6, 6.07) is 11.9. The van der Waals surface area contributed by atoms with Gasteiger partial charge in [0.1, 0.15) is 11.5 Å². The van der Waals surface area contributed by atoms with Crippen molar-refractivity contribution in [2.75, 3.05) is 38.4 Å². The highest BCUT2D eigenvalue weighted by molar-refractivity contribution is 5.93. The van der Waals surface area contributed by atoms with Gasteiger partial charge in [-0.15, -0.1) is 0 Å². The minimum absolute atomic E-state index is 0.307. The number of nitrogens with one attached hydrogen (secondary N) is 1. The summed E-state index contributed by atoms with van der Waals surface area (Å²) in [5, 5.41) is 2.65. The highest BCUT2D eigenvalue weighted by Crippen LogP contribution is 2.30. The number of benzene rings is 2. The van der Waals surface area contributed by atoms with Gasteiger partial charge in [0, 0.05) is 11.8 Å². The summed E-state index contributed by atoms with van der Waals surface area (Å²) in [6.07, 6.45) is 0. The van der Waals surface area contributed by atoms with Gasteiger partial charge in [0.05, 0.1) is 19.8 Å². The molecule has 1 amide bonds. The van der Waals surface area contributed by atoms with Crippen LogP contribution in [0.4, 0.5) is 5.69 Å². The van der Waals surface area contributed by atoms with Gasteiger partial charge in [-0.2, -0.15) is 0 Å². The first-order valence-electron chi connectivity index (χ1n) is 9.76. The molecule has 0 radical (unpaired) electrons. The van der Waals surface area contributed by atoms with Crippen LogP contribution in [0.3, 0.4) is 0 Å². The van der Waals surface area contributed by atoms with Gasteiger partial charge in [0.15, 0.2) is 24.7 Å². The van der Waals surface area contributed by atoms with Crippen molar-refractivity contribution >= 4 is 17.6 Å². The largest absolute Gasteiger partial charge is 0.494 e. The molecule has 162 valence electrons. The number of esters is 1. The number of amides is 1. The molecular formula is C22H27NO7. The van der Waals surface area contributed by atoms with Gasteiger partial charge >= 0.3 is 5.97 Å². The van der Waals surface area contributed by atoms with Crippen molar-refractivity contribution < 1.29 is 33.3 Å². The minimum Gasteiger partial charge on any atom is -0.494 e. The molecule has 8 nitrogen and oxygen atoms in total. The van der Waals surface area contributed by atoms with E-state index in [1.165, 1.54) is 0 Å². The molecule has 0 atom stereocenters. The molecule has 2 aromatic rings. The second kappa shape index (κ2) is 12.2. The van der Waals surface area contributed by atoms with E-state index in [1.807, 2.05) is 20.8 Å². The van der Waals surface area contributed by atoms with Gasteiger partial charge in [-0.05, 0) is 57.2 Å². The summed E-state index contributed by atoms with van der Waals surface area (Å²) in [6.45, 7) is 6.42. The molecule has 0 aromatic heterocycles. The molecule has 0 aliphatic carbocycles. The van der Waals surface area contributed by atoms with E-state index in [0.717, 1.165) is 0 Å². The Hall–Kier alpha value is -3.42. The number of carbonyl (C=O) groups is 2. The minimum atomic E-state index is -0.652. The fraction of sp³-hybridized carbons (Fsp3) is 0.364. The first-order valence-corrected chi connectivity index (χ1v) is 9.76. The van der Waals surface area contributed by atoms with E-state index in [4.69, 9.17) is 23.7 Å². The van der Waals surface area contributed by atoms with Gasteiger partial charge < -0.3 is 29.0 Å². The molecule has 1 N–H and O–H groups in total. The molecule has 0 aliphatic rings. The van der Waals surface area contributed by atoms with Crippen LogP contribution in [-0.4, -0.2) is 44.9 Å². The predicted molar refractivity (Wildman–Crippen MR) is 111 cm³/mol. The smallest absolute Gasteiger partial charge is 0.344 e. The molecule has 0 aliphatic heterocycles. The molecule has 0 saturated carbocycles. The molecule has 30 heavy (non-hydrogen) atoms. The third kappa shape index (κ3) is 7.54. The van der Waals surface area contributed by atoms with Crippen LogP contribution >= 0.6 is 0 Å². The van der Waals surface area contributed by atoms with E-state index in [9.17, 15) is 9.59 Å². The molecule has 8 heteroatoms. The lowest BCUT2D eigenvalue weighted by Gasteiger charge is -2.13. The third-order valence-corrected chi connectivity index (χ3v) is 3.68. The summed E-state index contributed by atoms with van der Waals surface area (Å²) in [5.74, 6) is 1.20. The van der Waals surface area contributed by atoms with Crippen molar-refractivity contribution in [3.63, 3.8) is 0 Å². The second-order valence-corrected chi connectivity index (χ2v) is 5.93. The number of rotatable bonds is 12. The quantitative estimate of drug-likeness (QED) is 0.529. The van der Waals surface area contributed by atoms with Crippen molar-refractivity contribution in [2.45, 2.75) is 20.8 Å². The van der Waals surface area contributed by atoms with Crippen LogP contribution in [0, 0.1) is 0 Å². The molecule has 2 rings (SSSR count). The van der Waals surface area contributed by atoms with Crippen molar-refractivity contribution in [3.05, 3.63) is 42.5 Å². The maximum atomic E-state index is 12.1. The summed E-state index contributed by atoms with van der Waals surface area (Å²) in [7, 11) is 0. The lowest BCUT2D eigenvalue weighted by Crippen LogP contribution is -2.23. The van der Waals surface area contributed by atoms with Crippen molar-refractivity contribution in [3.8, 4) is 23.0 Å². The molecule has 2 aromatic carbocycles. The number of carbonyl (C=O) groups excluding carboxylic acids is 2. The van der Waals surface area contributed by atoms with E-state index in [0.29, 0.717) is 48.5 Å². The standard InChI is InChI=1S/C22H27NO7/c1-4-26-17-8-10-18(11-9-17)29-15-22(25)30-14-21(24)23-16-7-12-19(27-5-2)20(13-16)28-6-3/h7-13H,4-6,14-15H2,1-3H3,(H,23,24). The molecule has 0 spiro atoms. The third-order valence-electron chi connectivity index (χ3n) is 3.68. The summed E-state index contributed by atoms with van der Waals surface area (Å²) < 4.78 is 26.6. The lowest BCUT2D eigenvalue weighted by atomic mass is 10.2. The van der Waals surface area contributed by atoms with E-state index < -0.39 is 18.5 Å². The van der Waals surface area contributed by atoms with Crippen LogP contribution in [0.5, 0.6) is 23.0 Å². The second-order valence-electron chi connectivity index (χ2n) is 5.93. The van der Waals surface area contributed by atoms with Crippen LogP contribution in [0.1, 0.15) is 20.8 Å². The van der Waals surface area contributed by atoms with Crippen LogP contribution in [0.25, 0.3) is 0 Å². The average molecular weight is 417 g/mol. The maximum Gasteiger partial charge on any atom is 0.344 e. The van der Waals surface area contributed by atoms with Crippen LogP contribution < -0.4 is 24.3 Å². The van der Waals surface area contributed by atoms with E-state index in [1.54, 1.807) is 42.5 Å². The molecule has 0 fully saturated rings. The van der Waals surface area contributed by atoms with Gasteiger partial charge in [-0.3, -0.25) is 4.79 Å². The van der Waals surface area contributed by atoms with Gasteiger partial charge in [0.2, 0.25) is 0 Å². The Morgan fingerprint density at radius 1 is 0.733 bits per heavy atom. The number of ether oxygens (including phenoxy) is 5. The number of hydrogen-bond acceptors (Lipinski definition) is 7. The van der Waals surface area contributed by atoms with Crippen molar-refractivity contribution in [1.29, 1.82) is 0 Å². The molecular weight excluding hydrogens is 390 g/mol. The topological polar surface area (TPSA) is 92.3 Å². The van der Waals surface area contributed by atoms with Gasteiger partial charge in [0.25, 0.3) is 5.91 Å². The van der Waals surface area contributed by atoms with E-state index >= 15 is 0 Å². The number of anilines is 1. The fourth-order valence-electron chi connectivity index (χ4n) is 2.45. The Morgan fingerprint density at radius 2 is 1.33 bits per heavy atom. The first-order chi connectivity index (χ1) is 14.5. The van der Waals surface area contributed by atoms with Gasteiger partial charge in [-0.1, -0.05) is 0 Å². The van der Waals surface area contributed by atoms with Crippen molar-refractivity contribution in [2.24, 2.45) is 0 Å². The summed E-state index contributed by atoms with van der Waals surface area (Å²) in [5.41, 5.74) is 0.508. The molecule has 0 saturated heterocycles. The van der Waals surface area contributed by atoms with Gasteiger partial charge in [-0.25, -0.2) is 4.79 Å². The van der Waals surface area contributed by atoms with E-state index in [2.05, 4.69) is 5.32 Å². The normalized spacial score (nSPS) is 10.1. The highest BCUT2D eigenvalue weighted by Gasteiger charge is 2.11. The average Bonchev–Trinajstić information content (AvgIpc) is 2.74. The predicted octanol–water partition coefficient (Wildman–Crippen LogP) is 3.44. The highest BCUT2D eigenvalue weighted by atomic mass is 16.6. The van der Waals surface area contributed by atoms with Crippen LogP contribution in [0.15, 0.2) is 42.5 Å². The Morgan fingerprint density at radius 3 is 1.97 bits per heavy atom. The lowest BCUT2D eigenvalue weighted by molar-refractivity contribution is -0.149. The molecule has 0 heterocycles. The Labute approximate surface area is 176 Å². The molecule has 0 unspecified atom stereocenters. The fourth-order valence-corrected chi connectivity index (χ4v) is 2.45. The maximum absolute atomic E-state index is 12.1. The SMILES string of the molecule is CCOc1ccc(OCC(=O)OCC(=O)Nc2ccc(OCC)c(OCC)c2)cc1. The summed E-state index contributed by atoms with van der Waals surface area (Å²) >= 11 is 0. The zero-order chi connectivity index (χ0) is 21.8. The van der Waals surface area contributed by atoms with Crippen LogP contribution in [0.2, 0.25) is 0 Å². The molecule has 0 bridgehead atoms. The van der Waals surface area contributed by atoms with E-state index in [-0.39, 0.29) is 6.61 Å². The van der Waals surface area contributed by atoms with Crippen LogP contribution in [-0.2, 0) is 14.3 Å². The number of hydrogen-bond donors (Lipinski definition) is 1. The summed E-state index contributed by atoms with van der Waals surface area (Å²) in [4.78, 5) is 23.9. The Kier molecular flexibility index (Phi) is 9.30. The monoisotopic (exact) mass is 417 g/mol. The first kappa shape index (κ1) is 22.9. The van der Waals surface area contributed by atoms with Crippen molar-refractivity contribution in [1.82, 2.24) is 0 Å². The Balaban J connectivity index is 1.78. The zero-order valence-corrected chi connectivity index (χ0v) is 17.4. The Bertz CT molecular complexity index is 821.